The number of hydrogen-bond donors (Lipinski definition) is 1. The quantitative estimate of drug-likeness (QED) is 0.717. The molecule has 1 aromatic carbocycles. The van der Waals surface area contributed by atoms with Gasteiger partial charge in [0.25, 0.3) is 0 Å². The first-order valence-electron chi connectivity index (χ1n) is 9.96. The average molecular weight is 410 g/mol. The topological polar surface area (TPSA) is 70.6 Å². The lowest BCUT2D eigenvalue weighted by atomic mass is 10.0. The largest absolute Gasteiger partial charge is 0.484 e. The van der Waals surface area contributed by atoms with Gasteiger partial charge in [0.2, 0.25) is 0 Å². The third-order valence-corrected chi connectivity index (χ3v) is 6.34. The summed E-state index contributed by atoms with van der Waals surface area (Å²) in [6.07, 6.45) is 3.71. The van der Waals surface area contributed by atoms with E-state index >= 15 is 0 Å². The fourth-order valence-electron chi connectivity index (χ4n) is 3.87. The predicted octanol–water partition coefficient (Wildman–Crippen LogP) is 3.13. The molecule has 1 N–H and O–H groups in total. The molecule has 2 saturated heterocycles. The van der Waals surface area contributed by atoms with Gasteiger partial charge in [-0.1, -0.05) is 12.1 Å². The Balaban J connectivity index is 1.08. The highest BCUT2D eigenvalue weighted by atomic mass is 32.1. The maximum Gasteiger partial charge on any atom is 0.317 e. The molecule has 0 radical (unpaired) electrons. The SMILES string of the molecule is O=C(NC1CCN(c2ccccn2)CC1)N1CC(Oc2cccc3scnc23)C1. The zero-order valence-electron chi connectivity index (χ0n) is 16.0. The number of carbonyl (C=O) groups is 1. The highest BCUT2D eigenvalue weighted by Gasteiger charge is 2.34. The molecule has 2 aliphatic rings. The molecule has 7 nitrogen and oxygen atoms in total. The van der Waals surface area contributed by atoms with Crippen molar-refractivity contribution in [2.24, 2.45) is 0 Å². The Hall–Kier alpha value is -2.87. The van der Waals surface area contributed by atoms with E-state index in [0.717, 1.165) is 47.7 Å². The summed E-state index contributed by atoms with van der Waals surface area (Å²) in [5.74, 6) is 1.81. The lowest BCUT2D eigenvalue weighted by Gasteiger charge is -2.40. The second-order valence-corrected chi connectivity index (χ2v) is 8.39. The lowest BCUT2D eigenvalue weighted by molar-refractivity contribution is 0.0440. The van der Waals surface area contributed by atoms with Gasteiger partial charge in [0.05, 0.1) is 23.3 Å². The van der Waals surface area contributed by atoms with E-state index in [4.69, 9.17) is 4.74 Å². The van der Waals surface area contributed by atoms with Crippen molar-refractivity contribution in [1.82, 2.24) is 20.2 Å². The number of carbonyl (C=O) groups excluding carboxylic acids is 1. The van der Waals surface area contributed by atoms with Gasteiger partial charge in [0.15, 0.2) is 0 Å². The van der Waals surface area contributed by atoms with Crippen molar-refractivity contribution < 1.29 is 9.53 Å². The van der Waals surface area contributed by atoms with Crippen LogP contribution < -0.4 is 15.0 Å². The molecule has 2 fully saturated rings. The third kappa shape index (κ3) is 3.85. The monoisotopic (exact) mass is 409 g/mol. The van der Waals surface area contributed by atoms with Crippen LogP contribution in [-0.4, -0.2) is 59.2 Å². The number of piperidine rings is 1. The van der Waals surface area contributed by atoms with Gasteiger partial charge in [0, 0.05) is 25.3 Å². The van der Waals surface area contributed by atoms with Crippen LogP contribution in [0, 0.1) is 0 Å². The van der Waals surface area contributed by atoms with Crippen LogP contribution in [0.3, 0.4) is 0 Å². The normalized spacial score (nSPS) is 17.9. The minimum Gasteiger partial charge on any atom is -0.484 e. The molecule has 3 aromatic rings. The van der Waals surface area contributed by atoms with Gasteiger partial charge in [-0.05, 0) is 37.1 Å². The second-order valence-electron chi connectivity index (χ2n) is 7.50. The number of ether oxygens (including phenoxy) is 1. The molecule has 0 aliphatic carbocycles. The van der Waals surface area contributed by atoms with E-state index in [0.29, 0.717) is 13.1 Å². The number of nitrogens with zero attached hydrogens (tertiary/aromatic N) is 4. The first-order chi connectivity index (χ1) is 14.3. The number of rotatable bonds is 4. The predicted molar refractivity (Wildman–Crippen MR) is 114 cm³/mol. The molecule has 5 rings (SSSR count). The highest BCUT2D eigenvalue weighted by Crippen LogP contribution is 2.29. The van der Waals surface area contributed by atoms with Crippen molar-refractivity contribution >= 4 is 33.4 Å². The molecule has 8 heteroatoms. The number of urea groups is 1. The van der Waals surface area contributed by atoms with E-state index < -0.39 is 0 Å². The summed E-state index contributed by atoms with van der Waals surface area (Å²) in [6.45, 7) is 3.04. The van der Waals surface area contributed by atoms with Gasteiger partial charge in [-0.25, -0.2) is 14.8 Å². The maximum absolute atomic E-state index is 12.5. The first kappa shape index (κ1) is 18.2. The first-order valence-corrected chi connectivity index (χ1v) is 10.8. The Bertz CT molecular complexity index is 981. The molecule has 0 spiro atoms. The van der Waals surface area contributed by atoms with Crippen molar-refractivity contribution in [1.29, 1.82) is 0 Å². The zero-order chi connectivity index (χ0) is 19.6. The van der Waals surface area contributed by atoms with Crippen molar-refractivity contribution in [3.8, 4) is 5.75 Å². The smallest absolute Gasteiger partial charge is 0.317 e. The van der Waals surface area contributed by atoms with Crippen LogP contribution in [0.25, 0.3) is 10.2 Å². The summed E-state index contributed by atoms with van der Waals surface area (Å²) in [5.41, 5.74) is 2.73. The Labute approximate surface area is 173 Å². The van der Waals surface area contributed by atoms with Gasteiger partial charge >= 0.3 is 6.03 Å². The van der Waals surface area contributed by atoms with E-state index in [-0.39, 0.29) is 18.2 Å². The Morgan fingerprint density at radius 2 is 1.97 bits per heavy atom. The minimum absolute atomic E-state index is 0.00741. The number of aromatic nitrogens is 2. The number of nitrogens with one attached hydrogen (secondary N) is 1. The highest BCUT2D eigenvalue weighted by molar-refractivity contribution is 7.16. The summed E-state index contributed by atoms with van der Waals surface area (Å²) in [4.78, 5) is 25.4. The van der Waals surface area contributed by atoms with Crippen molar-refractivity contribution in [2.45, 2.75) is 25.0 Å². The average Bonchev–Trinajstić information content (AvgIpc) is 3.21. The number of fused-ring (bicyclic) bond motifs is 1. The number of anilines is 1. The van der Waals surface area contributed by atoms with E-state index in [2.05, 4.69) is 20.2 Å². The Morgan fingerprint density at radius 1 is 1.10 bits per heavy atom. The number of thiazole rings is 1. The lowest BCUT2D eigenvalue weighted by Crippen LogP contribution is -2.60. The molecule has 2 aromatic heterocycles. The van der Waals surface area contributed by atoms with Crippen molar-refractivity contribution in [3.63, 3.8) is 0 Å². The molecule has 4 heterocycles. The Morgan fingerprint density at radius 3 is 2.76 bits per heavy atom. The van der Waals surface area contributed by atoms with E-state index in [1.807, 2.05) is 53.0 Å². The van der Waals surface area contributed by atoms with Gasteiger partial charge in [0.1, 0.15) is 23.2 Å². The summed E-state index contributed by atoms with van der Waals surface area (Å²) in [6, 6.07) is 12.2. The molecule has 150 valence electrons. The molecular weight excluding hydrogens is 386 g/mol. The van der Waals surface area contributed by atoms with Gasteiger partial charge in [-0.3, -0.25) is 0 Å². The summed E-state index contributed by atoms with van der Waals surface area (Å²) in [5, 5.41) is 3.18. The number of para-hydroxylation sites is 1. The zero-order valence-corrected chi connectivity index (χ0v) is 16.8. The number of likely N-dealkylation sites (tertiary alicyclic amines) is 1. The molecule has 0 bridgehead atoms. The fraction of sp³-hybridized carbons (Fsp3) is 0.381. The summed E-state index contributed by atoms with van der Waals surface area (Å²) in [7, 11) is 0. The van der Waals surface area contributed by atoms with Crippen LogP contribution >= 0.6 is 11.3 Å². The molecule has 29 heavy (non-hydrogen) atoms. The van der Waals surface area contributed by atoms with Crippen LogP contribution in [0.4, 0.5) is 10.6 Å². The maximum atomic E-state index is 12.5. The van der Waals surface area contributed by atoms with E-state index in [9.17, 15) is 4.79 Å². The molecular formula is C21H23N5O2S. The van der Waals surface area contributed by atoms with Crippen LogP contribution in [0.15, 0.2) is 48.1 Å². The standard InChI is InChI=1S/C21H23N5O2S/c27-21(24-15-7-10-25(11-8-15)19-6-1-2-9-22-19)26-12-16(13-26)28-17-4-3-5-18-20(17)23-14-29-18/h1-6,9,14-16H,7-8,10-13H2,(H,24,27). The molecule has 0 atom stereocenters. The number of pyridine rings is 1. The van der Waals surface area contributed by atoms with Crippen molar-refractivity contribution in [2.75, 3.05) is 31.1 Å². The summed E-state index contributed by atoms with van der Waals surface area (Å²) < 4.78 is 7.18. The molecule has 0 saturated carbocycles. The van der Waals surface area contributed by atoms with Crippen LogP contribution in [-0.2, 0) is 0 Å². The third-order valence-electron chi connectivity index (χ3n) is 5.55. The molecule has 2 amide bonds. The number of benzene rings is 1. The second kappa shape index (κ2) is 7.87. The van der Waals surface area contributed by atoms with Gasteiger partial charge in [-0.2, -0.15) is 0 Å². The van der Waals surface area contributed by atoms with Crippen LogP contribution in [0.5, 0.6) is 5.75 Å². The van der Waals surface area contributed by atoms with E-state index in [1.165, 1.54) is 0 Å². The molecule has 0 unspecified atom stereocenters. The fourth-order valence-corrected chi connectivity index (χ4v) is 4.57. The van der Waals surface area contributed by atoms with Crippen LogP contribution in [0.1, 0.15) is 12.8 Å². The Kier molecular flexibility index (Phi) is 4.93. The van der Waals surface area contributed by atoms with Crippen LogP contribution in [0.2, 0.25) is 0 Å². The van der Waals surface area contributed by atoms with E-state index in [1.54, 1.807) is 11.3 Å². The van der Waals surface area contributed by atoms with Crippen molar-refractivity contribution in [3.05, 3.63) is 48.1 Å². The number of amides is 2. The minimum atomic E-state index is 0.00741. The molecule has 2 aliphatic heterocycles. The van der Waals surface area contributed by atoms with Gasteiger partial charge < -0.3 is 19.9 Å². The van der Waals surface area contributed by atoms with Gasteiger partial charge in [-0.15, -0.1) is 11.3 Å². The number of hydrogen-bond acceptors (Lipinski definition) is 6. The summed E-state index contributed by atoms with van der Waals surface area (Å²) >= 11 is 1.60.